The molecule has 612 valence electrons. The minimum Gasteiger partial charge on any atom is -0.755 e. The van der Waals surface area contributed by atoms with Gasteiger partial charge in [-0.3, -0.25) is 30.6 Å². The van der Waals surface area contributed by atoms with Crippen molar-refractivity contribution >= 4 is 156 Å². The van der Waals surface area contributed by atoms with Gasteiger partial charge in [0.15, 0.2) is 17.2 Å². The Labute approximate surface area is 684 Å². The fourth-order valence-corrected chi connectivity index (χ4v) is 13.1. The quantitative estimate of drug-likeness (QED) is 0.00990. The van der Waals surface area contributed by atoms with Gasteiger partial charge in [0.1, 0.15) is 41.3 Å². The van der Waals surface area contributed by atoms with E-state index in [1.165, 1.54) is 54.8 Å². The van der Waals surface area contributed by atoms with Crippen LogP contribution in [0.3, 0.4) is 0 Å². The molecule has 0 bridgehead atoms. The van der Waals surface area contributed by atoms with Crippen LogP contribution in [0.5, 0.6) is 34.5 Å². The normalized spacial score (nSPS) is 12.5. The summed E-state index contributed by atoms with van der Waals surface area (Å²) in [6.45, 7) is 6.90. The van der Waals surface area contributed by atoms with Crippen LogP contribution in [0.25, 0.3) is 0 Å². The van der Waals surface area contributed by atoms with E-state index in [1.54, 1.807) is 97.3 Å². The lowest BCUT2D eigenvalue weighted by Gasteiger charge is -2.24. The number of anilines is 8. The number of benzene rings is 8. The van der Waals surface area contributed by atoms with Gasteiger partial charge in [-0.05, 0) is 171 Å². The van der Waals surface area contributed by atoms with Crippen LogP contribution in [0.15, 0.2) is 197 Å². The molecule has 0 spiro atoms. The molecule has 8 aromatic carbocycles. The average Bonchev–Trinajstić information content (AvgIpc) is 1.79. The van der Waals surface area contributed by atoms with Crippen LogP contribution in [-0.4, -0.2) is 116 Å². The van der Waals surface area contributed by atoms with E-state index in [0.717, 1.165) is 68.7 Å². The second-order valence-electron chi connectivity index (χ2n) is 24.2. The number of aldehydes is 2. The zero-order valence-electron chi connectivity index (χ0n) is 61.2. The summed E-state index contributed by atoms with van der Waals surface area (Å²) in [4.78, 5) is 58.3. The molecule has 1 fully saturated rings. The number of rotatable bonds is 36. The van der Waals surface area contributed by atoms with Gasteiger partial charge in [-0.2, -0.15) is 0 Å². The standard InChI is InChI=1S/C17H18N2O5S.C17H20N2O5S.C17H20N2O4S.C13H12ClNO5S.C13H12ClNO4S/c20-17(21)12-10-14(18-25(22)23)16(24-13-6-2-1-3-7-13)15(11-12)19-8-4-5-9-19;1-2-3-9-18-14-10-12(17(20)21)11-15(19-25(22)23)16(14)24-13-7-5-4-6-8-13;1-2-3-9-18-15-10-13(12-20)11-16(19-24(21)22)17(15)23-14-7-5-4-6-8-14;14-11-6-8(3-4-9-2-1-5-20-9)10(13(16)17)7-12(11)15-21(18)19;14-12-6-9(3-4-11-2-1-5-19-11)10(8-16)7-13(12)15-20(17)18/h1-3,6-7,10-11,18H,4-5,8-9H2,(H,20,21)(H,22,23);4-8,10-11,18-19H,2-3,9H2,1H3,(H,20,21)(H,22,23);4-8,10-12,18-19H,2-3,9H2,1H3,(H,21,22);1-2,5-7,15H,3-4H2,(H,16,17)(H,18,19);1-2,5-8,15H,3-4H2,(H,17,18)/p-5. The molecule has 10 N–H and O–H groups in total. The largest absolute Gasteiger partial charge is 0.755 e. The van der Waals surface area contributed by atoms with Gasteiger partial charge in [-0.15, -0.1) is 0 Å². The molecule has 115 heavy (non-hydrogen) atoms. The molecular weight excluding hydrogens is 1640 g/mol. The fourth-order valence-electron chi connectivity index (χ4n) is 10.8. The first-order valence-corrected chi connectivity index (χ1v) is 40.9. The predicted octanol–water partition coefficient (Wildman–Crippen LogP) is 15.6. The smallest absolute Gasteiger partial charge is 0.336 e. The third kappa shape index (κ3) is 30.4. The number of halogens is 2. The summed E-state index contributed by atoms with van der Waals surface area (Å²) < 4.78 is 148. The lowest BCUT2D eigenvalue weighted by molar-refractivity contribution is 0.0685. The third-order valence-corrected chi connectivity index (χ3v) is 18.7. The Morgan fingerprint density at radius 2 is 0.835 bits per heavy atom. The molecule has 5 atom stereocenters. The van der Waals surface area contributed by atoms with Crippen molar-refractivity contribution < 1.29 is 106 Å². The van der Waals surface area contributed by atoms with Crippen molar-refractivity contribution in [3.63, 3.8) is 0 Å². The van der Waals surface area contributed by atoms with Crippen LogP contribution in [0.2, 0.25) is 10.0 Å². The molecule has 31 nitrogen and oxygen atoms in total. The first kappa shape index (κ1) is 91.2. The van der Waals surface area contributed by atoms with Gasteiger partial charge in [-0.1, -0.05) is 104 Å². The lowest BCUT2D eigenvalue weighted by atomic mass is 10.0. The Balaban J connectivity index is 0.000000199. The summed E-state index contributed by atoms with van der Waals surface area (Å²) in [7, 11) is 0. The Morgan fingerprint density at radius 1 is 0.452 bits per heavy atom. The molecule has 1 aliphatic heterocycles. The first-order chi connectivity index (χ1) is 55.2. The SMILES string of the molecule is CCCCNc1cc(C(=O)O)cc(NS(=O)[O-])c1Oc1ccccc1.CCCCNc1cc(C=O)cc(NS(=O)[O-])c1Oc1ccccc1.O=C(O)c1cc(NS(=O)[O-])c(Cl)cc1CCc1ccco1.O=C(O)c1cc(NS(=O)[O-])c(Oc2ccccc2)c(N2CCCC2)c1.O=Cc1cc(NS(=O)[O-])c(Cl)cc1CCc1ccco1. The van der Waals surface area contributed by atoms with Gasteiger partial charge in [0.05, 0.1) is 84.8 Å². The van der Waals surface area contributed by atoms with Crippen molar-refractivity contribution in [3.8, 4) is 34.5 Å². The summed E-state index contributed by atoms with van der Waals surface area (Å²) in [6.07, 6.45) is 12.3. The molecule has 5 unspecified atom stereocenters. The van der Waals surface area contributed by atoms with E-state index in [1.807, 2.05) is 48.2 Å². The molecule has 1 aliphatic rings. The number of unbranched alkanes of at least 4 members (excludes halogenated alkanes) is 2. The van der Waals surface area contributed by atoms with Crippen molar-refractivity contribution in [3.05, 3.63) is 249 Å². The van der Waals surface area contributed by atoms with E-state index in [2.05, 4.69) is 41.2 Å². The highest BCUT2D eigenvalue weighted by atomic mass is 35.5. The van der Waals surface area contributed by atoms with Crippen molar-refractivity contribution in [2.45, 2.75) is 78.1 Å². The van der Waals surface area contributed by atoms with E-state index < -0.39 is 74.2 Å². The molecule has 0 saturated carbocycles. The van der Waals surface area contributed by atoms with Crippen molar-refractivity contribution in [1.82, 2.24) is 0 Å². The summed E-state index contributed by atoms with van der Waals surface area (Å²) in [5, 5.41) is 34.5. The van der Waals surface area contributed by atoms with Crippen LogP contribution in [0, 0.1) is 0 Å². The minimum atomic E-state index is -2.62. The van der Waals surface area contributed by atoms with E-state index in [4.69, 9.17) is 46.2 Å². The molecular formula is C77H77Cl2N8O23S5-5. The number of hydrogen-bond donors (Lipinski definition) is 10. The second-order valence-corrected chi connectivity index (χ2v) is 28.4. The number of furan rings is 2. The molecule has 0 aliphatic carbocycles. The summed E-state index contributed by atoms with van der Waals surface area (Å²) >= 11 is -0.881. The van der Waals surface area contributed by atoms with E-state index in [0.29, 0.717) is 114 Å². The maximum absolute atomic E-state index is 11.4. The Morgan fingerprint density at radius 3 is 1.24 bits per heavy atom. The number of carbonyl (C=O) groups is 5. The monoisotopic (exact) mass is 1710 g/mol. The topological polar surface area (TPSA) is 488 Å². The molecule has 11 rings (SSSR count). The molecule has 10 aromatic rings. The molecule has 3 heterocycles. The Bertz CT molecular complexity index is 4980. The fraction of sp³-hybridized carbons (Fsp3) is 0.208. The number of hydrogen-bond acceptors (Lipinski definition) is 23. The number of para-hydroxylation sites is 3. The molecule has 38 heteroatoms. The van der Waals surface area contributed by atoms with Gasteiger partial charge in [0.25, 0.3) is 0 Å². The maximum Gasteiger partial charge on any atom is 0.336 e. The molecule has 0 radical (unpaired) electrons. The number of carboxylic acid groups (broad SMARTS) is 3. The third-order valence-electron chi connectivity index (χ3n) is 16.1. The number of aromatic carboxylic acids is 3. The highest BCUT2D eigenvalue weighted by molar-refractivity contribution is 7.81. The predicted molar refractivity (Wildman–Crippen MR) is 437 cm³/mol. The van der Waals surface area contributed by atoms with Gasteiger partial charge in [-0.25, -0.2) is 14.4 Å². The number of aryl methyl sites for hydroxylation is 4. The maximum atomic E-state index is 11.4. The first-order valence-electron chi connectivity index (χ1n) is 34.8. The number of carboxylic acids is 3. The Kier molecular flexibility index (Phi) is 37.8. The number of ether oxygens (including phenoxy) is 3. The lowest BCUT2D eigenvalue weighted by Crippen LogP contribution is -2.20. The second kappa shape index (κ2) is 47.6. The van der Waals surface area contributed by atoms with Crippen molar-refractivity contribution in [2.75, 3.05) is 65.3 Å². The zero-order valence-corrected chi connectivity index (χ0v) is 66.8. The van der Waals surface area contributed by atoms with Gasteiger partial charge < -0.3 is 100 Å². The van der Waals surface area contributed by atoms with Crippen LogP contribution >= 0.6 is 23.2 Å². The van der Waals surface area contributed by atoms with Crippen LogP contribution in [0.1, 0.15) is 127 Å². The van der Waals surface area contributed by atoms with Crippen LogP contribution < -0.4 is 53.4 Å². The van der Waals surface area contributed by atoms with Crippen molar-refractivity contribution in [2.24, 2.45) is 0 Å². The summed E-state index contributed by atoms with van der Waals surface area (Å²) in [6, 6.07) is 48.1. The minimum absolute atomic E-state index is 0.00101. The molecule has 2 aromatic heterocycles. The summed E-state index contributed by atoms with van der Waals surface area (Å²) in [5.41, 5.74) is 4.04. The number of carbonyl (C=O) groups excluding carboxylic acids is 2. The highest BCUT2D eigenvalue weighted by Crippen LogP contribution is 2.44. The van der Waals surface area contributed by atoms with Crippen LogP contribution in [-0.2, 0) is 82.0 Å². The molecule has 0 amide bonds. The average molecular weight is 1710 g/mol. The van der Waals surface area contributed by atoms with E-state index >= 15 is 0 Å². The van der Waals surface area contributed by atoms with Gasteiger partial charge in [0.2, 0.25) is 0 Å². The summed E-state index contributed by atoms with van der Waals surface area (Å²) in [5.74, 6) is 0.526. The Hall–Kier alpha value is -11.0. The zero-order chi connectivity index (χ0) is 83.3. The highest BCUT2D eigenvalue weighted by Gasteiger charge is 2.25. The van der Waals surface area contributed by atoms with E-state index in [-0.39, 0.29) is 60.9 Å². The molecule has 1 saturated heterocycles. The van der Waals surface area contributed by atoms with Crippen molar-refractivity contribution in [1.29, 1.82) is 0 Å². The van der Waals surface area contributed by atoms with Gasteiger partial charge >= 0.3 is 17.9 Å². The van der Waals surface area contributed by atoms with E-state index in [9.17, 15) is 83.1 Å². The van der Waals surface area contributed by atoms with Gasteiger partial charge in [0, 0.05) is 106 Å². The number of nitrogens with zero attached hydrogens (tertiary/aromatic N) is 1. The number of nitrogens with one attached hydrogen (secondary N) is 7. The van der Waals surface area contributed by atoms with Crippen LogP contribution in [0.4, 0.5) is 45.5 Å².